The SMILES string of the molecule is CCOC(=O)C(C)(C)Oc1ccc(CC(=O)c2c(OC)cccc2OC)cc1-c1cccs1. The Labute approximate surface area is 198 Å². The number of thiophene rings is 1. The van der Waals surface area contributed by atoms with Crippen molar-refractivity contribution in [2.24, 2.45) is 0 Å². The van der Waals surface area contributed by atoms with E-state index in [1.807, 2.05) is 29.6 Å². The summed E-state index contributed by atoms with van der Waals surface area (Å²) in [6, 6.07) is 14.7. The highest BCUT2D eigenvalue weighted by molar-refractivity contribution is 7.13. The molecule has 3 aromatic rings. The number of rotatable bonds is 10. The molecule has 0 aliphatic heterocycles. The van der Waals surface area contributed by atoms with Gasteiger partial charge in [0.05, 0.1) is 20.8 Å². The van der Waals surface area contributed by atoms with Crippen LogP contribution in [0.4, 0.5) is 0 Å². The number of carbonyl (C=O) groups excluding carboxylic acids is 2. The molecule has 0 bridgehead atoms. The van der Waals surface area contributed by atoms with Crippen molar-refractivity contribution in [3.63, 3.8) is 0 Å². The van der Waals surface area contributed by atoms with E-state index in [9.17, 15) is 9.59 Å². The third kappa shape index (κ3) is 5.54. The maximum absolute atomic E-state index is 13.2. The number of hydrogen-bond donors (Lipinski definition) is 0. The van der Waals surface area contributed by atoms with E-state index in [0.29, 0.717) is 22.8 Å². The van der Waals surface area contributed by atoms with Crippen molar-refractivity contribution in [1.29, 1.82) is 0 Å². The van der Waals surface area contributed by atoms with Crippen molar-refractivity contribution >= 4 is 23.1 Å². The molecule has 6 nitrogen and oxygen atoms in total. The van der Waals surface area contributed by atoms with Gasteiger partial charge in [-0.25, -0.2) is 4.79 Å². The standard InChI is InChI=1S/C26H28O6S/c1-6-31-25(28)26(2,3)32-20-13-12-17(15-18(20)23-11-8-14-33-23)16-19(27)24-21(29-4)9-7-10-22(24)30-5/h7-15H,6,16H2,1-5H3. The highest BCUT2D eigenvalue weighted by Crippen LogP contribution is 2.37. The molecule has 0 amide bonds. The van der Waals surface area contributed by atoms with Gasteiger partial charge >= 0.3 is 5.97 Å². The Morgan fingerprint density at radius 2 is 1.64 bits per heavy atom. The normalized spacial score (nSPS) is 11.1. The van der Waals surface area contributed by atoms with Crippen LogP contribution in [0.3, 0.4) is 0 Å². The van der Waals surface area contributed by atoms with E-state index in [1.54, 1.807) is 56.4 Å². The molecule has 33 heavy (non-hydrogen) atoms. The summed E-state index contributed by atoms with van der Waals surface area (Å²) in [4.78, 5) is 26.5. The van der Waals surface area contributed by atoms with Gasteiger partial charge in [-0.15, -0.1) is 11.3 Å². The van der Waals surface area contributed by atoms with E-state index in [4.69, 9.17) is 18.9 Å². The number of benzene rings is 2. The molecule has 0 saturated heterocycles. The number of Topliss-reactive ketones (excluding diaryl/α,β-unsaturated/α-hetero) is 1. The second kappa shape index (κ2) is 10.5. The van der Waals surface area contributed by atoms with Gasteiger partial charge in [-0.3, -0.25) is 4.79 Å². The van der Waals surface area contributed by atoms with Crippen LogP contribution in [0.25, 0.3) is 10.4 Å². The average molecular weight is 469 g/mol. The molecule has 0 fully saturated rings. The molecule has 0 aliphatic carbocycles. The minimum absolute atomic E-state index is 0.123. The van der Waals surface area contributed by atoms with Gasteiger partial charge in [-0.1, -0.05) is 18.2 Å². The van der Waals surface area contributed by atoms with Crippen LogP contribution >= 0.6 is 11.3 Å². The highest BCUT2D eigenvalue weighted by Gasteiger charge is 2.32. The van der Waals surface area contributed by atoms with Crippen molar-refractivity contribution in [3.05, 3.63) is 65.0 Å². The van der Waals surface area contributed by atoms with Gasteiger partial charge in [0.25, 0.3) is 0 Å². The van der Waals surface area contributed by atoms with Gasteiger partial charge in [0.2, 0.25) is 0 Å². The quantitative estimate of drug-likeness (QED) is 0.286. The molecule has 0 aliphatic rings. The summed E-state index contributed by atoms with van der Waals surface area (Å²) in [6.07, 6.45) is 0.149. The van der Waals surface area contributed by atoms with E-state index in [2.05, 4.69) is 0 Å². The molecule has 3 rings (SSSR count). The van der Waals surface area contributed by atoms with Crippen LogP contribution in [0.1, 0.15) is 36.7 Å². The topological polar surface area (TPSA) is 71.1 Å². The molecular formula is C26H28O6S. The molecule has 0 N–H and O–H groups in total. The van der Waals surface area contributed by atoms with E-state index in [0.717, 1.165) is 16.0 Å². The lowest BCUT2D eigenvalue weighted by molar-refractivity contribution is -0.158. The third-order valence-corrected chi connectivity index (χ3v) is 5.94. The second-order valence-corrected chi connectivity index (χ2v) is 8.73. The maximum Gasteiger partial charge on any atom is 0.349 e. The molecule has 2 aromatic carbocycles. The van der Waals surface area contributed by atoms with Crippen LogP contribution < -0.4 is 14.2 Å². The van der Waals surface area contributed by atoms with Crippen LogP contribution in [0, 0.1) is 0 Å². The van der Waals surface area contributed by atoms with Crippen molar-refractivity contribution < 1.29 is 28.5 Å². The van der Waals surface area contributed by atoms with Crippen LogP contribution in [0.5, 0.6) is 17.2 Å². The molecule has 0 spiro atoms. The van der Waals surface area contributed by atoms with Crippen molar-refractivity contribution in [1.82, 2.24) is 0 Å². The summed E-state index contributed by atoms with van der Waals surface area (Å²) >= 11 is 1.55. The predicted molar refractivity (Wildman–Crippen MR) is 129 cm³/mol. The second-order valence-electron chi connectivity index (χ2n) is 7.78. The monoisotopic (exact) mass is 468 g/mol. The lowest BCUT2D eigenvalue weighted by atomic mass is 9.98. The Bertz CT molecular complexity index is 1100. The fourth-order valence-corrected chi connectivity index (χ4v) is 4.17. The smallest absolute Gasteiger partial charge is 0.349 e. The summed E-state index contributed by atoms with van der Waals surface area (Å²) in [5, 5.41) is 1.97. The first kappa shape index (κ1) is 24.3. The minimum Gasteiger partial charge on any atom is -0.496 e. The van der Waals surface area contributed by atoms with Crippen LogP contribution in [0.15, 0.2) is 53.9 Å². The van der Waals surface area contributed by atoms with Gasteiger partial charge in [0.15, 0.2) is 11.4 Å². The number of ether oxygens (including phenoxy) is 4. The first-order valence-electron chi connectivity index (χ1n) is 10.6. The van der Waals surface area contributed by atoms with Gasteiger partial charge in [0.1, 0.15) is 22.8 Å². The Morgan fingerprint density at radius 3 is 2.21 bits per heavy atom. The molecule has 0 unspecified atom stereocenters. The summed E-state index contributed by atoms with van der Waals surface area (Å²) < 4.78 is 22.0. The largest absolute Gasteiger partial charge is 0.496 e. The molecule has 0 saturated carbocycles. The van der Waals surface area contributed by atoms with Gasteiger partial charge in [-0.2, -0.15) is 0 Å². The molecule has 0 atom stereocenters. The zero-order valence-corrected chi connectivity index (χ0v) is 20.3. The first-order chi connectivity index (χ1) is 15.8. The third-order valence-electron chi connectivity index (χ3n) is 5.03. The number of ketones is 1. The van der Waals surface area contributed by atoms with Crippen LogP contribution in [0.2, 0.25) is 0 Å². The van der Waals surface area contributed by atoms with Crippen molar-refractivity contribution in [2.75, 3.05) is 20.8 Å². The Morgan fingerprint density at radius 1 is 0.939 bits per heavy atom. The van der Waals surface area contributed by atoms with Gasteiger partial charge in [0, 0.05) is 16.9 Å². The van der Waals surface area contributed by atoms with E-state index < -0.39 is 11.6 Å². The lowest BCUT2D eigenvalue weighted by Gasteiger charge is -2.25. The number of methoxy groups -OCH3 is 2. The Hall–Kier alpha value is -3.32. The van der Waals surface area contributed by atoms with E-state index >= 15 is 0 Å². The summed E-state index contributed by atoms with van der Waals surface area (Å²) in [6.45, 7) is 5.38. The molecular weight excluding hydrogens is 440 g/mol. The number of carbonyl (C=O) groups is 2. The fourth-order valence-electron chi connectivity index (χ4n) is 3.42. The van der Waals surface area contributed by atoms with Gasteiger partial charge in [-0.05, 0) is 62.0 Å². The Kier molecular flexibility index (Phi) is 7.76. The molecule has 7 heteroatoms. The van der Waals surface area contributed by atoms with E-state index in [-0.39, 0.29) is 18.8 Å². The molecule has 1 aromatic heterocycles. The number of hydrogen-bond acceptors (Lipinski definition) is 7. The van der Waals surface area contributed by atoms with E-state index in [1.165, 1.54) is 14.2 Å². The lowest BCUT2D eigenvalue weighted by Crippen LogP contribution is -2.39. The zero-order valence-electron chi connectivity index (χ0n) is 19.5. The number of esters is 1. The van der Waals surface area contributed by atoms with Crippen molar-refractivity contribution in [2.45, 2.75) is 32.8 Å². The van der Waals surface area contributed by atoms with Gasteiger partial charge < -0.3 is 18.9 Å². The molecule has 1 heterocycles. The first-order valence-corrected chi connectivity index (χ1v) is 11.5. The highest BCUT2D eigenvalue weighted by atomic mass is 32.1. The average Bonchev–Trinajstić information content (AvgIpc) is 3.34. The van der Waals surface area contributed by atoms with Crippen LogP contribution in [-0.4, -0.2) is 38.2 Å². The van der Waals surface area contributed by atoms with Crippen molar-refractivity contribution in [3.8, 4) is 27.7 Å². The Balaban J connectivity index is 1.95. The summed E-state index contributed by atoms with van der Waals surface area (Å²) in [5.74, 6) is 0.913. The minimum atomic E-state index is -1.16. The molecule has 0 radical (unpaired) electrons. The molecule has 174 valence electrons. The maximum atomic E-state index is 13.2. The van der Waals surface area contributed by atoms with Crippen LogP contribution in [-0.2, 0) is 16.0 Å². The zero-order chi connectivity index (χ0) is 24.0. The summed E-state index contributed by atoms with van der Waals surface area (Å²) in [5.41, 5.74) is 0.852. The summed E-state index contributed by atoms with van der Waals surface area (Å²) in [7, 11) is 3.05. The predicted octanol–water partition coefficient (Wildman–Crippen LogP) is 5.58. The fraction of sp³-hybridized carbons (Fsp3) is 0.308.